The average molecular weight is 1280 g/mol. The lowest BCUT2D eigenvalue weighted by molar-refractivity contribution is 1.50. The molecule has 0 aliphatic heterocycles. The third-order valence-corrected chi connectivity index (χ3v) is 15.3. The molecule has 0 N–H and O–H groups in total. The molecule has 0 heterocycles. The van der Waals surface area contributed by atoms with Gasteiger partial charge < -0.3 is 0 Å². The second kappa shape index (κ2) is 47.1. The number of aryl methyl sites for hydroxylation is 4. The Balaban J connectivity index is 0.000000579. The second-order valence-electron chi connectivity index (χ2n) is 19.7. The first-order chi connectivity index (χ1) is 47.4. The van der Waals surface area contributed by atoms with E-state index >= 15 is 0 Å². The smallest absolute Gasteiger partial charge is 0.00237 e. The van der Waals surface area contributed by atoms with Gasteiger partial charge in [-0.2, -0.15) is 0 Å². The number of hydrogen-bond acceptors (Lipinski definition) is 0. The summed E-state index contributed by atoms with van der Waals surface area (Å²) in [7, 11) is 0. The van der Waals surface area contributed by atoms with E-state index < -0.39 is 0 Å². The second-order valence-corrected chi connectivity index (χ2v) is 19.7. The molecular formula is C96H124. The van der Waals surface area contributed by atoms with E-state index in [-0.39, 0.29) is 0 Å². The normalized spacial score (nSPS) is 9.46. The summed E-state index contributed by atoms with van der Waals surface area (Å²) in [5.41, 5.74) is 16.4. The first-order valence-electron chi connectivity index (χ1n) is 37.2. The minimum absolute atomic E-state index is 1.31. The van der Waals surface area contributed by atoms with Crippen molar-refractivity contribution in [3.8, 4) is 44.5 Å². The Bertz CT molecular complexity index is 4310. The summed E-state index contributed by atoms with van der Waals surface area (Å²) in [6.45, 7) is 56.7. The Morgan fingerprint density at radius 2 is 0.438 bits per heavy atom. The van der Waals surface area contributed by atoms with Crippen LogP contribution in [0.15, 0.2) is 243 Å². The van der Waals surface area contributed by atoms with Crippen LogP contribution in [0, 0.1) is 27.7 Å². The molecule has 14 aromatic carbocycles. The van der Waals surface area contributed by atoms with Crippen LogP contribution in [-0.4, -0.2) is 0 Å². The van der Waals surface area contributed by atoms with E-state index in [4.69, 9.17) is 0 Å². The van der Waals surface area contributed by atoms with Crippen molar-refractivity contribution < 1.29 is 0 Å². The highest BCUT2D eigenvalue weighted by molar-refractivity contribution is 6.27. The Morgan fingerprint density at radius 3 is 0.865 bits per heavy atom. The molecule has 0 heteroatoms. The summed E-state index contributed by atoms with van der Waals surface area (Å²) >= 11 is 0. The molecule has 0 nitrogen and oxygen atoms in total. The minimum atomic E-state index is 1.31. The number of benzene rings is 14. The monoisotopic (exact) mass is 1280 g/mol. The van der Waals surface area contributed by atoms with Crippen LogP contribution in [0.25, 0.3) is 131 Å². The average Bonchev–Trinajstić information content (AvgIpc) is 1.66. The van der Waals surface area contributed by atoms with Crippen LogP contribution in [0.1, 0.15) is 188 Å². The van der Waals surface area contributed by atoms with Crippen molar-refractivity contribution >= 4 is 86.2 Å². The van der Waals surface area contributed by atoms with Gasteiger partial charge in [-0.05, 0) is 175 Å². The highest BCUT2D eigenvalue weighted by Crippen LogP contribution is 2.49. The van der Waals surface area contributed by atoms with E-state index in [1.165, 1.54) is 153 Å². The van der Waals surface area contributed by atoms with E-state index in [1.54, 1.807) is 0 Å². The summed E-state index contributed by atoms with van der Waals surface area (Å²) in [6.07, 6.45) is 0. The van der Waals surface area contributed by atoms with Crippen LogP contribution >= 0.6 is 0 Å². The predicted molar refractivity (Wildman–Crippen MR) is 450 cm³/mol. The van der Waals surface area contributed by atoms with Crippen LogP contribution in [0.5, 0.6) is 0 Å². The highest BCUT2D eigenvalue weighted by atomic mass is 14.3. The quantitative estimate of drug-likeness (QED) is 0.133. The lowest BCUT2D eigenvalue weighted by atomic mass is 9.92. The first-order valence-corrected chi connectivity index (χ1v) is 37.2. The van der Waals surface area contributed by atoms with Crippen molar-refractivity contribution in [2.75, 3.05) is 0 Å². The van der Waals surface area contributed by atoms with Gasteiger partial charge in [0.1, 0.15) is 0 Å². The molecule has 0 amide bonds. The third kappa shape index (κ3) is 19.2. The lowest BCUT2D eigenvalue weighted by Crippen LogP contribution is -1.85. The molecule has 96 heavy (non-hydrogen) atoms. The zero-order valence-corrected chi connectivity index (χ0v) is 65.1. The van der Waals surface area contributed by atoms with Gasteiger partial charge in [-0.1, -0.05) is 414 Å². The van der Waals surface area contributed by atoms with E-state index in [0.717, 1.165) is 0 Å². The topological polar surface area (TPSA) is 0 Å². The SMILES string of the molecule is CC.CC.CC.CC.CC.CC.CC.CC.CC.CC.CC.CC.Cc1cc2c3c(cccc3c1)-c1ccccc1-2.Cc1ccc2c3c(cccc13)-c1ccccc1-2.Cc1ccc2c3ccccc3c3ccccc3c2c1.Cc1cccc2c3ccccc3c3ccccc3c12. The van der Waals surface area contributed by atoms with Gasteiger partial charge in [0.25, 0.3) is 0 Å². The van der Waals surface area contributed by atoms with Gasteiger partial charge in [0.2, 0.25) is 0 Å². The molecule has 0 unspecified atom stereocenters. The zero-order chi connectivity index (χ0) is 72.5. The molecule has 14 aromatic rings. The van der Waals surface area contributed by atoms with Crippen LogP contribution in [-0.2, 0) is 0 Å². The zero-order valence-electron chi connectivity index (χ0n) is 65.1. The van der Waals surface area contributed by atoms with Crippen molar-refractivity contribution in [1.82, 2.24) is 0 Å². The van der Waals surface area contributed by atoms with Gasteiger partial charge in [-0.15, -0.1) is 0 Å². The molecule has 0 atom stereocenters. The van der Waals surface area contributed by atoms with Crippen molar-refractivity contribution in [2.45, 2.75) is 194 Å². The van der Waals surface area contributed by atoms with Crippen LogP contribution in [0.2, 0.25) is 0 Å². The fraction of sp³-hybridized carbons (Fsp3) is 0.292. The minimum Gasteiger partial charge on any atom is -0.0683 e. The molecule has 2 aliphatic rings. The van der Waals surface area contributed by atoms with E-state index in [0.29, 0.717) is 0 Å². The summed E-state index contributed by atoms with van der Waals surface area (Å²) in [4.78, 5) is 0. The molecule has 16 rings (SSSR count). The number of hydrogen-bond donors (Lipinski definition) is 0. The fourth-order valence-electron chi connectivity index (χ4n) is 12.1. The third-order valence-electron chi connectivity index (χ3n) is 15.3. The fourth-order valence-corrected chi connectivity index (χ4v) is 12.1. The number of rotatable bonds is 0. The van der Waals surface area contributed by atoms with Crippen molar-refractivity contribution in [3.05, 3.63) is 265 Å². The Hall–Kier alpha value is -8.84. The van der Waals surface area contributed by atoms with Gasteiger partial charge >= 0.3 is 0 Å². The summed E-state index contributed by atoms with van der Waals surface area (Å²) in [5.74, 6) is 0. The molecular weight excluding hydrogens is 1150 g/mol. The standard InChI is InChI=1S/2C19H14.2C17H12.12C2H6/c1-13-7-6-12-18-16-9-3-2-8-14(16)15-10-4-5-11-17(15)19(13)18;1-13-10-11-18-16-8-3-2-6-14(16)15-7-4-5-9-17(15)19(18)12-13;1-11-9-12-5-4-8-15-13-6-2-3-7-14(13)16(10-11)17(12)15;1-11-9-10-16-14-6-3-2-5-13(14)15-8-4-7-12(11)17(15)16;12*1-2/h2*2-12H,1H3;2*2-10H,1H3;12*1-2H3. The van der Waals surface area contributed by atoms with Gasteiger partial charge in [0.05, 0.1) is 0 Å². The van der Waals surface area contributed by atoms with Crippen LogP contribution in [0.3, 0.4) is 0 Å². The van der Waals surface area contributed by atoms with E-state index in [1.807, 2.05) is 166 Å². The Labute approximate surface area is 585 Å². The van der Waals surface area contributed by atoms with Crippen molar-refractivity contribution in [1.29, 1.82) is 0 Å². The van der Waals surface area contributed by atoms with E-state index in [9.17, 15) is 0 Å². The summed E-state index contributed by atoms with van der Waals surface area (Å²) in [6, 6.07) is 87.8. The molecule has 0 spiro atoms. The summed E-state index contributed by atoms with van der Waals surface area (Å²) in [5, 5.41) is 21.8. The van der Waals surface area contributed by atoms with Crippen molar-refractivity contribution in [3.63, 3.8) is 0 Å². The van der Waals surface area contributed by atoms with Crippen LogP contribution < -0.4 is 0 Å². The van der Waals surface area contributed by atoms with Gasteiger partial charge in [0.15, 0.2) is 0 Å². The highest BCUT2D eigenvalue weighted by Gasteiger charge is 2.22. The molecule has 0 saturated heterocycles. The largest absolute Gasteiger partial charge is 0.0683 e. The molecule has 2 aliphatic carbocycles. The molecule has 0 radical (unpaired) electrons. The maximum absolute atomic E-state index is 2.30. The van der Waals surface area contributed by atoms with Gasteiger partial charge in [-0.25, -0.2) is 0 Å². The molecule has 0 aromatic heterocycles. The number of fused-ring (bicyclic) bond motifs is 18. The predicted octanol–water partition coefficient (Wildman–Crippen LogP) is 32.8. The molecule has 0 saturated carbocycles. The Morgan fingerprint density at radius 1 is 0.146 bits per heavy atom. The maximum Gasteiger partial charge on any atom is -0.00237 e. The van der Waals surface area contributed by atoms with Crippen LogP contribution in [0.4, 0.5) is 0 Å². The van der Waals surface area contributed by atoms with Gasteiger partial charge in [-0.3, -0.25) is 0 Å². The maximum atomic E-state index is 2.30. The Kier molecular flexibility index (Phi) is 41.8. The lowest BCUT2D eigenvalue weighted by Gasteiger charge is -2.11. The van der Waals surface area contributed by atoms with E-state index in [2.05, 4.69) is 270 Å². The molecule has 508 valence electrons. The first kappa shape index (κ1) is 85.2. The van der Waals surface area contributed by atoms with Crippen molar-refractivity contribution in [2.24, 2.45) is 0 Å². The summed E-state index contributed by atoms with van der Waals surface area (Å²) < 4.78 is 0. The molecule has 0 fully saturated rings. The van der Waals surface area contributed by atoms with Gasteiger partial charge in [0, 0.05) is 0 Å². The molecule has 0 bridgehead atoms.